The number of methoxy groups -OCH3 is 1. The Kier molecular flexibility index (Phi) is 5.74. The number of hydrogen-bond acceptors (Lipinski definition) is 7. The summed E-state index contributed by atoms with van der Waals surface area (Å²) < 4.78 is 27.0. The smallest absolute Gasteiger partial charge is 0.310 e. The average Bonchev–Trinajstić information content (AvgIpc) is 3.17. The lowest BCUT2D eigenvalue weighted by Gasteiger charge is -2.26. The number of carbonyl (C=O) groups excluding carboxylic acids is 2. The summed E-state index contributed by atoms with van der Waals surface area (Å²) >= 11 is 0. The Morgan fingerprint density at radius 2 is 2.00 bits per heavy atom. The molecule has 1 amide bonds. The van der Waals surface area contributed by atoms with E-state index in [1.54, 1.807) is 25.3 Å². The normalized spacial score (nSPS) is 14.9. The van der Waals surface area contributed by atoms with Crippen molar-refractivity contribution in [1.29, 1.82) is 0 Å². The zero-order valence-electron chi connectivity index (χ0n) is 16.4. The highest BCUT2D eigenvalue weighted by Gasteiger charge is 2.21. The maximum absolute atomic E-state index is 12.1. The third kappa shape index (κ3) is 4.48. The number of furan rings is 1. The number of hydrogen-bond donors (Lipinski definition) is 1. The van der Waals surface area contributed by atoms with Crippen LogP contribution in [0.25, 0.3) is 11.0 Å². The van der Waals surface area contributed by atoms with E-state index in [0.29, 0.717) is 35.0 Å². The first-order valence-corrected chi connectivity index (χ1v) is 9.47. The van der Waals surface area contributed by atoms with Crippen molar-refractivity contribution in [3.05, 3.63) is 54.3 Å². The van der Waals surface area contributed by atoms with Crippen molar-refractivity contribution in [1.82, 2.24) is 5.32 Å². The molecular formula is C22H21NO7. The summed E-state index contributed by atoms with van der Waals surface area (Å²) in [4.78, 5) is 24.1. The summed E-state index contributed by atoms with van der Waals surface area (Å²) in [7, 11) is 1.57. The van der Waals surface area contributed by atoms with Crippen LogP contribution < -0.4 is 19.5 Å². The second-order valence-electron chi connectivity index (χ2n) is 6.76. The monoisotopic (exact) mass is 411 g/mol. The number of amides is 1. The molecule has 0 saturated heterocycles. The average molecular weight is 411 g/mol. The fourth-order valence-corrected chi connectivity index (χ4v) is 3.12. The van der Waals surface area contributed by atoms with E-state index in [1.165, 1.54) is 6.26 Å². The number of ether oxygens (including phenoxy) is 4. The summed E-state index contributed by atoms with van der Waals surface area (Å²) in [5.41, 5.74) is 1.30. The molecule has 1 atom stereocenters. The van der Waals surface area contributed by atoms with Gasteiger partial charge in [-0.2, -0.15) is 0 Å². The van der Waals surface area contributed by atoms with Gasteiger partial charge in [-0.3, -0.25) is 9.59 Å². The van der Waals surface area contributed by atoms with Crippen molar-refractivity contribution in [2.45, 2.75) is 12.5 Å². The highest BCUT2D eigenvalue weighted by molar-refractivity contribution is 5.87. The van der Waals surface area contributed by atoms with Crippen LogP contribution in [0.5, 0.6) is 17.2 Å². The van der Waals surface area contributed by atoms with Gasteiger partial charge in [0.25, 0.3) is 5.91 Å². The van der Waals surface area contributed by atoms with Gasteiger partial charge in [-0.05, 0) is 24.3 Å². The molecule has 30 heavy (non-hydrogen) atoms. The first-order chi connectivity index (χ1) is 14.6. The molecule has 1 N–H and O–H groups in total. The minimum Gasteiger partial charge on any atom is -0.497 e. The van der Waals surface area contributed by atoms with Crippen molar-refractivity contribution in [3.63, 3.8) is 0 Å². The van der Waals surface area contributed by atoms with E-state index in [2.05, 4.69) is 5.32 Å². The minimum atomic E-state index is -0.519. The van der Waals surface area contributed by atoms with Gasteiger partial charge in [0.15, 0.2) is 18.1 Å². The second-order valence-corrected chi connectivity index (χ2v) is 6.76. The van der Waals surface area contributed by atoms with E-state index in [4.69, 9.17) is 23.4 Å². The van der Waals surface area contributed by atoms with Crippen molar-refractivity contribution < 1.29 is 33.0 Å². The summed E-state index contributed by atoms with van der Waals surface area (Å²) in [6.07, 6.45) is 1.20. The van der Waals surface area contributed by atoms with E-state index in [9.17, 15) is 9.59 Å². The summed E-state index contributed by atoms with van der Waals surface area (Å²) in [6, 6.07) is 12.7. The largest absolute Gasteiger partial charge is 0.497 e. The molecule has 8 nitrogen and oxygen atoms in total. The van der Waals surface area contributed by atoms with Gasteiger partial charge in [0.05, 0.1) is 26.3 Å². The molecule has 0 fully saturated rings. The van der Waals surface area contributed by atoms with E-state index < -0.39 is 11.9 Å². The van der Waals surface area contributed by atoms with Crippen LogP contribution >= 0.6 is 0 Å². The number of esters is 1. The van der Waals surface area contributed by atoms with Crippen molar-refractivity contribution in [2.24, 2.45) is 0 Å². The fourth-order valence-electron chi connectivity index (χ4n) is 3.12. The zero-order valence-corrected chi connectivity index (χ0v) is 16.4. The van der Waals surface area contributed by atoms with Gasteiger partial charge in [-0.1, -0.05) is 12.1 Å². The lowest BCUT2D eigenvalue weighted by molar-refractivity contribution is -0.148. The van der Waals surface area contributed by atoms with E-state index in [1.807, 2.05) is 24.3 Å². The quantitative estimate of drug-likeness (QED) is 0.597. The number of fused-ring (bicyclic) bond motifs is 2. The van der Waals surface area contributed by atoms with Gasteiger partial charge < -0.3 is 28.7 Å². The maximum Gasteiger partial charge on any atom is 0.310 e. The molecular weight excluding hydrogens is 390 g/mol. The third-order valence-electron chi connectivity index (χ3n) is 4.66. The van der Waals surface area contributed by atoms with Crippen molar-refractivity contribution in [3.8, 4) is 17.2 Å². The van der Waals surface area contributed by atoms with Crippen LogP contribution in [0.1, 0.15) is 5.56 Å². The minimum absolute atomic E-state index is 0.00295. The van der Waals surface area contributed by atoms with Gasteiger partial charge in [-0.15, -0.1) is 0 Å². The summed E-state index contributed by atoms with van der Waals surface area (Å²) in [6.45, 7) is 0.209. The fraction of sp³-hybridized carbons (Fsp3) is 0.273. The summed E-state index contributed by atoms with van der Waals surface area (Å²) in [5.74, 6) is 1.06. The summed E-state index contributed by atoms with van der Waals surface area (Å²) in [5, 5.41) is 3.48. The molecule has 0 aliphatic carbocycles. The standard InChI is InChI=1S/C22H21NO7/c1-26-15-6-7-17-14(11-27-20(17)9-15)8-22(25)29-13-21(24)23-10-16-12-28-18-4-2-3-5-19(18)30-16/h2-7,9,11,16H,8,10,12-13H2,1H3,(H,23,24)/t16-/m1/s1. The number of para-hydroxylation sites is 2. The molecule has 0 saturated carbocycles. The Morgan fingerprint density at radius 1 is 1.17 bits per heavy atom. The number of carbonyl (C=O) groups is 2. The molecule has 2 aromatic carbocycles. The Balaban J connectivity index is 1.22. The van der Waals surface area contributed by atoms with E-state index in [-0.39, 0.29) is 25.7 Å². The lowest BCUT2D eigenvalue weighted by Crippen LogP contribution is -2.42. The topological polar surface area (TPSA) is 96.2 Å². The SMILES string of the molecule is COc1ccc2c(CC(=O)OCC(=O)NC[C@@H]3COc4ccccc4O3)coc2c1. The number of benzene rings is 2. The van der Waals surface area contributed by atoms with Crippen molar-refractivity contribution >= 4 is 22.8 Å². The van der Waals surface area contributed by atoms with Crippen LogP contribution in [-0.2, 0) is 20.7 Å². The molecule has 0 unspecified atom stereocenters. The first kappa shape index (κ1) is 19.6. The number of rotatable bonds is 7. The van der Waals surface area contributed by atoms with Crippen LogP contribution in [0.3, 0.4) is 0 Å². The van der Waals surface area contributed by atoms with Crippen LogP contribution in [0.2, 0.25) is 0 Å². The molecule has 8 heteroatoms. The Labute approximate surface area is 172 Å². The molecule has 4 rings (SSSR count). The van der Waals surface area contributed by atoms with Gasteiger partial charge in [-0.25, -0.2) is 0 Å². The highest BCUT2D eigenvalue weighted by atomic mass is 16.6. The molecule has 1 aliphatic rings. The molecule has 1 aromatic heterocycles. The molecule has 3 aromatic rings. The molecule has 0 spiro atoms. The predicted molar refractivity (Wildman–Crippen MR) is 107 cm³/mol. The van der Waals surface area contributed by atoms with E-state index >= 15 is 0 Å². The zero-order chi connectivity index (χ0) is 20.9. The number of nitrogens with one attached hydrogen (secondary N) is 1. The van der Waals surface area contributed by atoms with Crippen LogP contribution in [0.15, 0.2) is 53.1 Å². The molecule has 0 radical (unpaired) electrons. The van der Waals surface area contributed by atoms with Crippen LogP contribution in [0.4, 0.5) is 0 Å². The van der Waals surface area contributed by atoms with Gasteiger partial charge in [0.2, 0.25) is 0 Å². The highest BCUT2D eigenvalue weighted by Crippen LogP contribution is 2.30. The lowest BCUT2D eigenvalue weighted by atomic mass is 10.1. The molecule has 156 valence electrons. The van der Waals surface area contributed by atoms with Gasteiger partial charge >= 0.3 is 5.97 Å². The molecule has 0 bridgehead atoms. The first-order valence-electron chi connectivity index (χ1n) is 9.47. The van der Waals surface area contributed by atoms with Crippen LogP contribution in [0, 0.1) is 0 Å². The van der Waals surface area contributed by atoms with Crippen molar-refractivity contribution in [2.75, 3.05) is 26.9 Å². The van der Waals surface area contributed by atoms with Crippen LogP contribution in [-0.4, -0.2) is 44.8 Å². The van der Waals surface area contributed by atoms with Gasteiger partial charge in [0, 0.05) is 17.0 Å². The van der Waals surface area contributed by atoms with Gasteiger partial charge in [0.1, 0.15) is 24.0 Å². The third-order valence-corrected chi connectivity index (χ3v) is 4.66. The Bertz CT molecular complexity index is 1060. The Hall–Kier alpha value is -3.68. The molecule has 2 heterocycles. The second kappa shape index (κ2) is 8.77. The maximum atomic E-state index is 12.1. The molecule has 1 aliphatic heterocycles. The van der Waals surface area contributed by atoms with E-state index in [0.717, 1.165) is 5.39 Å². The predicted octanol–water partition coefficient (Wildman–Crippen LogP) is 2.48. The Morgan fingerprint density at radius 3 is 2.83 bits per heavy atom.